The zero-order valence-electron chi connectivity index (χ0n) is 8.29. The highest BCUT2D eigenvalue weighted by molar-refractivity contribution is 7.80. The lowest BCUT2D eigenvalue weighted by atomic mass is 10.5. The highest BCUT2D eigenvalue weighted by Crippen LogP contribution is 2.17. The van der Waals surface area contributed by atoms with Crippen LogP contribution in [0, 0.1) is 0 Å². The van der Waals surface area contributed by atoms with Gasteiger partial charge in [0.1, 0.15) is 0 Å². The first kappa shape index (κ1) is 15.5. The molecule has 0 radical (unpaired) electrons. The largest absolute Gasteiger partial charge is 0.725 e. The Labute approximate surface area is 95.7 Å². The topological polar surface area (TPSA) is 70.3 Å². The molecule has 5 nitrogen and oxygen atoms in total. The van der Waals surface area contributed by atoms with E-state index in [9.17, 15) is 13.2 Å². The lowest BCUT2D eigenvalue weighted by molar-refractivity contribution is -0.567. The van der Waals surface area contributed by atoms with Crippen LogP contribution in [0.1, 0.15) is 0 Å². The van der Waals surface area contributed by atoms with E-state index in [4.69, 9.17) is 13.0 Å². The second kappa shape index (κ2) is 6.33. The predicted octanol–water partition coefficient (Wildman–Crippen LogP) is 1.06. The summed E-state index contributed by atoms with van der Waals surface area (Å²) in [6.07, 6.45) is 0.209. The molecule has 0 bridgehead atoms. The van der Waals surface area contributed by atoms with Gasteiger partial charge >= 0.3 is 6.36 Å². The molecule has 96 valence electrons. The molecule has 0 spiro atoms. The summed E-state index contributed by atoms with van der Waals surface area (Å²) in [5.74, 6) is 0. The molecule has 17 heavy (non-hydrogen) atoms. The molecule has 1 heterocycles. The fraction of sp³-hybridized carbons (Fsp3) is 0.125. The summed E-state index contributed by atoms with van der Waals surface area (Å²) in [6.45, 7) is 3.59. The Morgan fingerprint density at radius 3 is 1.88 bits per heavy atom. The maximum absolute atomic E-state index is 10.8. The number of pyridine rings is 1. The molecule has 9 heteroatoms. The first-order chi connectivity index (χ1) is 7.64. The van der Waals surface area contributed by atoms with Crippen LogP contribution in [0.3, 0.4) is 0 Å². The van der Waals surface area contributed by atoms with Gasteiger partial charge in [-0.2, -0.15) is 8.75 Å². The van der Waals surface area contributed by atoms with Gasteiger partial charge in [-0.1, -0.05) is 6.07 Å². The van der Waals surface area contributed by atoms with Gasteiger partial charge in [0, 0.05) is 12.1 Å². The highest BCUT2D eigenvalue weighted by Gasteiger charge is 2.32. The van der Waals surface area contributed by atoms with Crippen LogP contribution in [-0.4, -0.2) is 19.3 Å². The first-order valence-corrected chi connectivity index (χ1v) is 5.29. The van der Waals surface area contributed by atoms with Crippen molar-refractivity contribution in [1.29, 1.82) is 0 Å². The molecular formula is C8H8F3NO4S. The molecule has 0 aliphatic carbocycles. The predicted molar refractivity (Wildman–Crippen MR) is 49.9 cm³/mol. The Kier molecular flexibility index (Phi) is 5.79. The second-order valence-corrected chi connectivity index (χ2v) is 3.43. The molecule has 1 aromatic heterocycles. The third-order valence-electron chi connectivity index (χ3n) is 1.15. The number of nitrogens with zero attached hydrogens (tertiary/aromatic N) is 1. The Balaban J connectivity index is 0.000000302. The van der Waals surface area contributed by atoms with Crippen LogP contribution in [0.2, 0.25) is 0 Å². The average Bonchev–Trinajstić information content (AvgIpc) is 2.14. The summed E-state index contributed by atoms with van der Waals surface area (Å²) in [4.78, 5) is 0. The van der Waals surface area contributed by atoms with Gasteiger partial charge in [0.05, 0.1) is 0 Å². The Morgan fingerprint density at radius 2 is 1.71 bits per heavy atom. The van der Waals surface area contributed by atoms with E-state index in [1.807, 2.05) is 39.3 Å². The Bertz CT molecular complexity index is 444. The molecule has 0 N–H and O–H groups in total. The van der Waals surface area contributed by atoms with E-state index in [1.54, 1.807) is 6.20 Å². The summed E-state index contributed by atoms with van der Waals surface area (Å²) in [6, 6.07) is 5.89. The summed E-state index contributed by atoms with van der Waals surface area (Å²) < 4.78 is 63.6. The van der Waals surface area contributed by atoms with Crippen LogP contribution in [0.25, 0.3) is 6.20 Å². The molecule has 0 aliphatic heterocycles. The quantitative estimate of drug-likeness (QED) is 0.458. The molecule has 1 rings (SSSR count). The van der Waals surface area contributed by atoms with Crippen LogP contribution >= 0.6 is 0 Å². The summed E-state index contributed by atoms with van der Waals surface area (Å²) in [5, 5.41) is 0. The minimum absolute atomic E-state index is 1.75. The minimum Gasteiger partial charge on any atom is -0.725 e. The molecular weight excluding hydrogens is 263 g/mol. The smallest absolute Gasteiger partial charge is 0.536 e. The number of rotatable bonds is 2. The van der Waals surface area contributed by atoms with E-state index in [2.05, 4.69) is 6.58 Å². The summed E-state index contributed by atoms with van der Waals surface area (Å²) in [5.41, 5.74) is 0. The monoisotopic (exact) mass is 271 g/mol. The summed E-state index contributed by atoms with van der Waals surface area (Å²) in [7, 11) is -5.66. The second-order valence-electron chi connectivity index (χ2n) is 2.44. The van der Waals surface area contributed by atoms with Crippen LogP contribution < -0.4 is 4.57 Å². The molecule has 0 saturated heterocycles. The van der Waals surface area contributed by atoms with Crippen molar-refractivity contribution >= 4 is 16.6 Å². The van der Waals surface area contributed by atoms with Gasteiger partial charge in [-0.05, 0) is 6.58 Å². The normalized spacial score (nSPS) is 11.3. The molecule has 0 saturated carbocycles. The molecule has 0 fully saturated rings. The maximum atomic E-state index is 10.8. The third-order valence-corrected chi connectivity index (χ3v) is 1.54. The Morgan fingerprint density at radius 1 is 1.24 bits per heavy atom. The molecule has 0 amide bonds. The number of aromatic nitrogens is 1. The van der Waals surface area contributed by atoms with Crippen LogP contribution in [0.5, 0.6) is 0 Å². The van der Waals surface area contributed by atoms with Crippen molar-refractivity contribution in [3.63, 3.8) is 0 Å². The number of hydrogen-bond acceptors (Lipinski definition) is 4. The van der Waals surface area contributed by atoms with E-state index < -0.39 is 16.8 Å². The number of halogens is 3. The van der Waals surface area contributed by atoms with Crippen LogP contribution in [0.4, 0.5) is 13.2 Å². The third kappa shape index (κ3) is 10.8. The van der Waals surface area contributed by atoms with Crippen molar-refractivity contribution in [2.24, 2.45) is 0 Å². The van der Waals surface area contributed by atoms with Crippen molar-refractivity contribution in [2.75, 3.05) is 0 Å². The molecule has 0 unspecified atom stereocenters. The minimum atomic E-state index is -5.66. The van der Waals surface area contributed by atoms with Gasteiger partial charge in [0.15, 0.2) is 18.6 Å². The maximum Gasteiger partial charge on any atom is 0.536 e. The van der Waals surface area contributed by atoms with E-state index in [0.717, 1.165) is 0 Å². The van der Waals surface area contributed by atoms with E-state index in [-0.39, 0.29) is 0 Å². The van der Waals surface area contributed by atoms with Gasteiger partial charge in [-0.15, -0.1) is 13.2 Å². The SMILES string of the molecule is C=C[n+]1ccccc1.O=S(=O)([O-])OC(F)(F)F. The van der Waals surface area contributed by atoms with Gasteiger partial charge in [-0.3, -0.25) is 0 Å². The zero-order valence-corrected chi connectivity index (χ0v) is 9.11. The molecule has 0 aliphatic rings. The van der Waals surface area contributed by atoms with Crippen molar-refractivity contribution < 1.29 is 34.9 Å². The zero-order chi connectivity index (χ0) is 13.5. The standard InChI is InChI=1S/C7H8N.CHF3O4S/c1-2-8-6-4-3-5-7-8;2-1(3,4)8-9(5,6)7/h2-7H,1H2;(H,5,6,7)/q+1;/p-1. The Hall–Kier alpha value is -1.45. The average molecular weight is 271 g/mol. The van der Waals surface area contributed by atoms with Gasteiger partial charge in [-0.25, -0.2) is 8.42 Å². The van der Waals surface area contributed by atoms with Gasteiger partial charge in [0.2, 0.25) is 10.4 Å². The van der Waals surface area contributed by atoms with E-state index >= 15 is 0 Å². The lowest BCUT2D eigenvalue weighted by Crippen LogP contribution is -2.22. The molecule has 0 aromatic carbocycles. The number of hydrogen-bond donors (Lipinski definition) is 0. The fourth-order valence-corrected chi connectivity index (χ4v) is 0.881. The lowest BCUT2D eigenvalue weighted by Gasteiger charge is -2.08. The van der Waals surface area contributed by atoms with Crippen LogP contribution in [0.15, 0.2) is 37.2 Å². The first-order valence-electron chi connectivity index (χ1n) is 3.95. The van der Waals surface area contributed by atoms with E-state index in [1.165, 1.54) is 0 Å². The van der Waals surface area contributed by atoms with Crippen molar-refractivity contribution in [3.05, 3.63) is 37.2 Å². The molecule has 0 atom stereocenters. The van der Waals surface area contributed by atoms with Crippen molar-refractivity contribution in [2.45, 2.75) is 6.36 Å². The van der Waals surface area contributed by atoms with Crippen LogP contribution in [-0.2, 0) is 14.6 Å². The van der Waals surface area contributed by atoms with Crippen molar-refractivity contribution in [1.82, 2.24) is 0 Å². The van der Waals surface area contributed by atoms with E-state index in [0.29, 0.717) is 0 Å². The molecule has 1 aromatic rings. The highest BCUT2D eigenvalue weighted by atomic mass is 32.3. The van der Waals surface area contributed by atoms with Gasteiger partial charge in [0.25, 0.3) is 0 Å². The van der Waals surface area contributed by atoms with Crippen molar-refractivity contribution in [3.8, 4) is 0 Å². The van der Waals surface area contributed by atoms with Gasteiger partial charge < -0.3 is 4.55 Å². The number of alkyl halides is 3. The summed E-state index contributed by atoms with van der Waals surface area (Å²) >= 11 is 0. The fourth-order valence-electron chi connectivity index (χ4n) is 0.649.